The van der Waals surface area contributed by atoms with E-state index in [-0.39, 0.29) is 18.9 Å². The summed E-state index contributed by atoms with van der Waals surface area (Å²) in [5, 5.41) is 22.2. The van der Waals surface area contributed by atoms with Gasteiger partial charge in [0.2, 0.25) is 0 Å². The van der Waals surface area contributed by atoms with Gasteiger partial charge in [-0.3, -0.25) is 10.2 Å². The molecule has 4 N–H and O–H groups in total. The largest absolute Gasteiger partial charge is 0.395 e. The van der Waals surface area contributed by atoms with Crippen LogP contribution in [0.1, 0.15) is 5.56 Å². The number of benzene rings is 1. The molecule has 0 fully saturated rings. The molecule has 0 bridgehead atoms. The second-order valence-corrected chi connectivity index (χ2v) is 4.15. The van der Waals surface area contributed by atoms with E-state index >= 15 is 0 Å². The molecule has 0 aliphatic carbocycles. The van der Waals surface area contributed by atoms with Crippen molar-refractivity contribution in [2.45, 2.75) is 0 Å². The van der Waals surface area contributed by atoms with Gasteiger partial charge in [0, 0.05) is 24.3 Å². The van der Waals surface area contributed by atoms with Crippen molar-refractivity contribution in [1.82, 2.24) is 10.6 Å². The Hall–Kier alpha value is -1.85. The second-order valence-electron chi connectivity index (χ2n) is 3.71. The molecule has 0 heterocycles. The number of halogens is 1. The van der Waals surface area contributed by atoms with Crippen LogP contribution in [0.3, 0.4) is 0 Å². The topological polar surface area (TPSA) is 85.2 Å². The Bertz CT molecular complexity index is 500. The molecule has 1 aromatic carbocycles. The molecular formula is C13H16ClN3O2. The molecular weight excluding hydrogens is 266 g/mol. The molecule has 1 aromatic rings. The standard InChI is InChI=1S/C13H16ClN3O2/c1-16-12(9-3-2-4-10(14)7-9)8-11(15)13(19)17-5-6-18/h2-4,7-8,15-16,18H,5-6H2,1H3,(H,17,19)/b12-8-,15-11?. The smallest absolute Gasteiger partial charge is 0.269 e. The van der Waals surface area contributed by atoms with Crippen LogP contribution >= 0.6 is 11.6 Å². The molecule has 0 atom stereocenters. The lowest BCUT2D eigenvalue weighted by atomic mass is 10.1. The first-order valence-corrected chi connectivity index (χ1v) is 6.09. The summed E-state index contributed by atoms with van der Waals surface area (Å²) >= 11 is 5.90. The minimum Gasteiger partial charge on any atom is -0.395 e. The van der Waals surface area contributed by atoms with E-state index in [1.807, 2.05) is 6.07 Å². The van der Waals surface area contributed by atoms with E-state index in [2.05, 4.69) is 10.6 Å². The zero-order chi connectivity index (χ0) is 14.3. The highest BCUT2D eigenvalue weighted by Gasteiger charge is 2.08. The molecule has 1 rings (SSSR count). The highest BCUT2D eigenvalue weighted by atomic mass is 35.5. The van der Waals surface area contributed by atoms with Gasteiger partial charge in [-0.15, -0.1) is 0 Å². The fraction of sp³-hybridized carbons (Fsp3) is 0.231. The van der Waals surface area contributed by atoms with E-state index in [0.29, 0.717) is 10.7 Å². The zero-order valence-corrected chi connectivity index (χ0v) is 11.3. The maximum absolute atomic E-state index is 11.5. The number of nitrogens with one attached hydrogen (secondary N) is 3. The van der Waals surface area contributed by atoms with Gasteiger partial charge in [-0.2, -0.15) is 0 Å². The maximum atomic E-state index is 11.5. The van der Waals surface area contributed by atoms with Crippen LogP contribution in [0.25, 0.3) is 5.70 Å². The number of amides is 1. The van der Waals surface area contributed by atoms with Gasteiger partial charge in [0.15, 0.2) is 0 Å². The predicted molar refractivity (Wildman–Crippen MR) is 76.3 cm³/mol. The van der Waals surface area contributed by atoms with Crippen molar-refractivity contribution in [3.05, 3.63) is 40.9 Å². The Balaban J connectivity index is 2.87. The summed E-state index contributed by atoms with van der Waals surface area (Å²) in [5.41, 5.74) is 1.21. The van der Waals surface area contributed by atoms with Gasteiger partial charge in [-0.25, -0.2) is 0 Å². The zero-order valence-electron chi connectivity index (χ0n) is 10.5. The average molecular weight is 282 g/mol. The minimum atomic E-state index is -0.538. The van der Waals surface area contributed by atoms with Crippen LogP contribution < -0.4 is 10.6 Å². The van der Waals surface area contributed by atoms with E-state index in [1.54, 1.807) is 25.2 Å². The summed E-state index contributed by atoms with van der Waals surface area (Å²) < 4.78 is 0. The number of carbonyl (C=O) groups is 1. The third-order valence-corrected chi connectivity index (χ3v) is 2.57. The van der Waals surface area contributed by atoms with Crippen molar-refractivity contribution in [3.8, 4) is 0 Å². The van der Waals surface area contributed by atoms with Crippen LogP contribution in [0.4, 0.5) is 0 Å². The molecule has 0 radical (unpaired) electrons. The lowest BCUT2D eigenvalue weighted by molar-refractivity contribution is -0.114. The number of rotatable bonds is 6. The third-order valence-electron chi connectivity index (χ3n) is 2.34. The van der Waals surface area contributed by atoms with Gasteiger partial charge < -0.3 is 15.7 Å². The summed E-state index contributed by atoms with van der Waals surface area (Å²) in [6, 6.07) is 7.10. The fourth-order valence-electron chi connectivity index (χ4n) is 1.43. The molecule has 5 nitrogen and oxygen atoms in total. The van der Waals surface area contributed by atoms with Crippen LogP contribution in [0.5, 0.6) is 0 Å². The van der Waals surface area contributed by atoms with Gasteiger partial charge in [-0.1, -0.05) is 23.7 Å². The van der Waals surface area contributed by atoms with Gasteiger partial charge >= 0.3 is 0 Å². The Morgan fingerprint density at radius 3 is 2.84 bits per heavy atom. The van der Waals surface area contributed by atoms with Crippen molar-refractivity contribution in [3.63, 3.8) is 0 Å². The van der Waals surface area contributed by atoms with E-state index in [9.17, 15) is 4.79 Å². The molecule has 0 spiro atoms. The highest BCUT2D eigenvalue weighted by Crippen LogP contribution is 2.16. The second kappa shape index (κ2) is 7.56. The lowest BCUT2D eigenvalue weighted by Crippen LogP contribution is -2.32. The summed E-state index contributed by atoms with van der Waals surface area (Å²) in [5.74, 6) is -0.538. The molecule has 19 heavy (non-hydrogen) atoms. The third kappa shape index (κ3) is 4.73. The molecule has 0 saturated heterocycles. The first kappa shape index (κ1) is 15.2. The Morgan fingerprint density at radius 2 is 2.26 bits per heavy atom. The van der Waals surface area contributed by atoms with Crippen molar-refractivity contribution in [1.29, 1.82) is 5.41 Å². The molecule has 1 amide bonds. The number of aliphatic hydroxyl groups excluding tert-OH is 1. The summed E-state index contributed by atoms with van der Waals surface area (Å²) in [4.78, 5) is 11.5. The average Bonchev–Trinajstić information content (AvgIpc) is 2.41. The monoisotopic (exact) mass is 281 g/mol. The molecule has 0 aliphatic heterocycles. The van der Waals surface area contributed by atoms with Crippen molar-refractivity contribution in [2.24, 2.45) is 0 Å². The highest BCUT2D eigenvalue weighted by molar-refractivity contribution is 6.43. The molecule has 0 aromatic heterocycles. The van der Waals surface area contributed by atoms with Crippen LogP contribution in [0, 0.1) is 5.41 Å². The predicted octanol–water partition coefficient (Wildman–Crippen LogP) is 1.03. The SMILES string of the molecule is CN/C(=C\C(=N)C(=O)NCCO)c1cccc(Cl)c1. The summed E-state index contributed by atoms with van der Waals surface area (Å²) in [6.45, 7) is -0.0307. The quantitative estimate of drug-likeness (QED) is 0.588. The van der Waals surface area contributed by atoms with Crippen LogP contribution in [-0.2, 0) is 4.79 Å². The van der Waals surface area contributed by atoms with Gasteiger partial charge in [0.1, 0.15) is 5.71 Å². The normalized spacial score (nSPS) is 11.0. The van der Waals surface area contributed by atoms with E-state index in [0.717, 1.165) is 5.56 Å². The maximum Gasteiger partial charge on any atom is 0.269 e. The van der Waals surface area contributed by atoms with E-state index < -0.39 is 5.91 Å². The molecule has 0 saturated carbocycles. The number of aliphatic hydroxyl groups is 1. The first-order chi connectivity index (χ1) is 9.08. The van der Waals surface area contributed by atoms with E-state index in [4.69, 9.17) is 22.1 Å². The molecule has 102 valence electrons. The van der Waals surface area contributed by atoms with Crippen molar-refractivity contribution < 1.29 is 9.90 Å². The van der Waals surface area contributed by atoms with Gasteiger partial charge in [-0.05, 0) is 23.8 Å². The summed E-state index contributed by atoms with van der Waals surface area (Å²) in [7, 11) is 1.70. The number of hydrogen-bond acceptors (Lipinski definition) is 4. The lowest BCUT2D eigenvalue weighted by Gasteiger charge is -2.08. The Morgan fingerprint density at radius 1 is 1.53 bits per heavy atom. The van der Waals surface area contributed by atoms with Crippen LogP contribution in [0.2, 0.25) is 5.02 Å². The van der Waals surface area contributed by atoms with Crippen molar-refractivity contribution in [2.75, 3.05) is 20.2 Å². The Labute approximate surface area is 116 Å². The molecule has 0 unspecified atom stereocenters. The minimum absolute atomic E-state index is 0.126. The van der Waals surface area contributed by atoms with Gasteiger partial charge in [0.25, 0.3) is 5.91 Å². The number of hydrogen-bond donors (Lipinski definition) is 4. The van der Waals surface area contributed by atoms with Crippen LogP contribution in [0.15, 0.2) is 30.3 Å². The van der Waals surface area contributed by atoms with E-state index in [1.165, 1.54) is 6.08 Å². The molecule has 0 aliphatic rings. The first-order valence-electron chi connectivity index (χ1n) is 5.71. The fourth-order valence-corrected chi connectivity index (χ4v) is 1.62. The number of carbonyl (C=O) groups excluding carboxylic acids is 1. The molecule has 6 heteroatoms. The van der Waals surface area contributed by atoms with Crippen molar-refractivity contribution >= 4 is 28.9 Å². The van der Waals surface area contributed by atoms with Gasteiger partial charge in [0.05, 0.1) is 6.61 Å². The Kier molecular flexibility index (Phi) is 6.05. The van der Waals surface area contributed by atoms with Crippen LogP contribution in [-0.4, -0.2) is 36.9 Å². The summed E-state index contributed by atoms with van der Waals surface area (Å²) in [6.07, 6.45) is 1.42.